The van der Waals surface area contributed by atoms with Crippen LogP contribution in [0, 0.1) is 0 Å². The molecule has 0 amide bonds. The number of hydrogen-bond acceptors (Lipinski definition) is 5. The Morgan fingerprint density at radius 2 is 2.35 bits per heavy atom. The molecule has 1 aromatic heterocycles. The molecular weight excluding hydrogens is 252 g/mol. The lowest BCUT2D eigenvalue weighted by Gasteiger charge is -2.28. The highest BCUT2D eigenvalue weighted by atomic mass is 32.2. The summed E-state index contributed by atoms with van der Waals surface area (Å²) in [6.45, 7) is 5.28. The zero-order chi connectivity index (χ0) is 12.6. The fourth-order valence-electron chi connectivity index (χ4n) is 1.71. The Labute approximate surface area is 112 Å². The highest BCUT2D eigenvalue weighted by molar-refractivity contribution is 8.00. The van der Waals surface area contributed by atoms with E-state index in [-0.39, 0.29) is 12.1 Å². The van der Waals surface area contributed by atoms with Crippen LogP contribution in [0.5, 0.6) is 0 Å². The molecule has 0 saturated heterocycles. The Bertz CT molecular complexity index is 293. The quantitative estimate of drug-likeness (QED) is 0.537. The Morgan fingerprint density at radius 3 is 2.94 bits per heavy atom. The van der Waals surface area contributed by atoms with E-state index in [2.05, 4.69) is 24.1 Å². The van der Waals surface area contributed by atoms with E-state index in [0.717, 1.165) is 29.5 Å². The summed E-state index contributed by atoms with van der Waals surface area (Å²) in [4.78, 5) is 4.24. The summed E-state index contributed by atoms with van der Waals surface area (Å²) < 4.78 is 1.15. The maximum Gasteiger partial charge on any atom is 0.149 e. The van der Waals surface area contributed by atoms with Crippen LogP contribution in [-0.4, -0.2) is 34.5 Å². The molecule has 0 saturated carbocycles. The van der Waals surface area contributed by atoms with E-state index < -0.39 is 0 Å². The maximum absolute atomic E-state index is 9.35. The van der Waals surface area contributed by atoms with Gasteiger partial charge in [-0.1, -0.05) is 25.1 Å². The summed E-state index contributed by atoms with van der Waals surface area (Å²) in [6, 6.07) is 0. The summed E-state index contributed by atoms with van der Waals surface area (Å²) >= 11 is 3.52. The van der Waals surface area contributed by atoms with Crippen molar-refractivity contribution in [1.82, 2.24) is 10.3 Å². The molecule has 0 bridgehead atoms. The lowest BCUT2D eigenvalue weighted by molar-refractivity contribution is 0.165. The summed E-state index contributed by atoms with van der Waals surface area (Å²) in [6.07, 6.45) is 5.18. The number of nitrogens with zero attached hydrogens (tertiary/aromatic N) is 1. The van der Waals surface area contributed by atoms with Crippen molar-refractivity contribution in [2.45, 2.75) is 43.0 Å². The molecule has 1 rings (SSSR count). The zero-order valence-electron chi connectivity index (χ0n) is 10.6. The summed E-state index contributed by atoms with van der Waals surface area (Å²) in [5.41, 5.74) is -0.111. The Balaban J connectivity index is 2.10. The minimum atomic E-state index is -0.111. The molecule has 1 heterocycles. The van der Waals surface area contributed by atoms with Gasteiger partial charge in [-0.15, -0.1) is 11.3 Å². The first-order chi connectivity index (χ1) is 8.20. The number of thiazole rings is 1. The topological polar surface area (TPSA) is 45.1 Å². The summed E-state index contributed by atoms with van der Waals surface area (Å²) in [7, 11) is 0. The van der Waals surface area contributed by atoms with E-state index in [0.29, 0.717) is 0 Å². The second-order valence-corrected chi connectivity index (χ2v) is 6.59. The summed E-state index contributed by atoms with van der Waals surface area (Å²) in [5, 5.41) is 14.7. The van der Waals surface area contributed by atoms with Crippen molar-refractivity contribution in [1.29, 1.82) is 0 Å². The van der Waals surface area contributed by atoms with Crippen molar-refractivity contribution in [3.8, 4) is 0 Å². The van der Waals surface area contributed by atoms with Crippen molar-refractivity contribution in [2.75, 3.05) is 18.9 Å². The number of thioether (sulfide) groups is 1. The van der Waals surface area contributed by atoms with Gasteiger partial charge in [-0.05, 0) is 26.3 Å². The summed E-state index contributed by atoms with van der Waals surface area (Å²) in [5.74, 6) is 1.11. The first-order valence-corrected chi connectivity index (χ1v) is 7.95. The Kier molecular flexibility index (Phi) is 7.11. The lowest BCUT2D eigenvalue weighted by atomic mass is 9.96. The van der Waals surface area contributed by atoms with E-state index in [9.17, 15) is 5.11 Å². The molecule has 0 aliphatic heterocycles. The van der Waals surface area contributed by atoms with Crippen molar-refractivity contribution >= 4 is 23.1 Å². The number of unbranched alkanes of at least 4 members (excludes halogenated alkanes) is 1. The highest BCUT2D eigenvalue weighted by Gasteiger charge is 2.20. The molecule has 2 N–H and O–H groups in total. The minimum Gasteiger partial charge on any atom is -0.394 e. The Morgan fingerprint density at radius 1 is 1.53 bits per heavy atom. The molecule has 3 nitrogen and oxygen atoms in total. The number of nitrogens with one attached hydrogen (secondary N) is 1. The van der Waals surface area contributed by atoms with Crippen LogP contribution in [-0.2, 0) is 0 Å². The Hall–Kier alpha value is -0.100. The number of hydrogen-bond donors (Lipinski definition) is 2. The lowest BCUT2D eigenvalue weighted by Crippen LogP contribution is -2.45. The van der Waals surface area contributed by atoms with Gasteiger partial charge < -0.3 is 10.4 Å². The maximum atomic E-state index is 9.35. The monoisotopic (exact) mass is 274 g/mol. The predicted molar refractivity (Wildman–Crippen MR) is 75.9 cm³/mol. The molecule has 17 heavy (non-hydrogen) atoms. The van der Waals surface area contributed by atoms with E-state index in [1.807, 2.05) is 23.3 Å². The van der Waals surface area contributed by atoms with E-state index in [1.165, 1.54) is 6.42 Å². The van der Waals surface area contributed by atoms with Crippen LogP contribution < -0.4 is 5.32 Å². The van der Waals surface area contributed by atoms with Crippen LogP contribution in [0.4, 0.5) is 0 Å². The molecule has 1 aromatic rings. The molecule has 1 unspecified atom stereocenters. The van der Waals surface area contributed by atoms with Gasteiger partial charge in [0.15, 0.2) is 0 Å². The van der Waals surface area contributed by atoms with E-state index in [1.54, 1.807) is 11.3 Å². The molecule has 0 radical (unpaired) electrons. The number of aliphatic hydroxyl groups excluding tert-OH is 1. The van der Waals surface area contributed by atoms with Gasteiger partial charge >= 0.3 is 0 Å². The molecule has 5 heteroatoms. The van der Waals surface area contributed by atoms with Gasteiger partial charge in [0.05, 0.1) is 6.61 Å². The first kappa shape index (κ1) is 15.0. The predicted octanol–water partition coefficient (Wildman–Crippen LogP) is 2.77. The fourth-order valence-corrected chi connectivity index (χ4v) is 3.42. The largest absolute Gasteiger partial charge is 0.394 e. The van der Waals surface area contributed by atoms with Gasteiger partial charge in [0.25, 0.3) is 0 Å². The van der Waals surface area contributed by atoms with Gasteiger partial charge in [-0.3, -0.25) is 0 Å². The zero-order valence-corrected chi connectivity index (χ0v) is 12.2. The van der Waals surface area contributed by atoms with Crippen LogP contribution in [0.2, 0.25) is 0 Å². The standard InChI is InChI=1S/C12H22N2OS2/c1-3-14-12(2,10-15)6-4-5-8-16-11-13-7-9-17-11/h7,9,14-15H,3-6,8,10H2,1-2H3. The third-order valence-electron chi connectivity index (χ3n) is 2.71. The molecule has 0 aliphatic carbocycles. The van der Waals surface area contributed by atoms with Crippen LogP contribution in [0.3, 0.4) is 0 Å². The molecule has 98 valence electrons. The highest BCUT2D eigenvalue weighted by Crippen LogP contribution is 2.22. The normalized spacial score (nSPS) is 14.8. The van der Waals surface area contributed by atoms with Crippen LogP contribution >= 0.6 is 23.1 Å². The minimum absolute atomic E-state index is 0.111. The van der Waals surface area contributed by atoms with Gasteiger partial charge in [-0.25, -0.2) is 4.98 Å². The van der Waals surface area contributed by atoms with E-state index >= 15 is 0 Å². The number of likely N-dealkylation sites (N-methyl/N-ethyl adjacent to an activating group) is 1. The average Bonchev–Trinajstić information content (AvgIpc) is 2.82. The van der Waals surface area contributed by atoms with Gasteiger partial charge in [0.2, 0.25) is 0 Å². The second kappa shape index (κ2) is 8.08. The third-order valence-corrected chi connectivity index (χ3v) is 4.76. The van der Waals surface area contributed by atoms with Crippen LogP contribution in [0.25, 0.3) is 0 Å². The van der Waals surface area contributed by atoms with Crippen molar-refractivity contribution < 1.29 is 5.11 Å². The van der Waals surface area contributed by atoms with Crippen molar-refractivity contribution in [3.05, 3.63) is 11.6 Å². The SMILES string of the molecule is CCNC(C)(CO)CCCCSc1nccs1. The van der Waals surface area contributed by atoms with Gasteiger partial charge in [-0.2, -0.15) is 0 Å². The molecule has 0 fully saturated rings. The van der Waals surface area contributed by atoms with Crippen LogP contribution in [0.1, 0.15) is 33.1 Å². The smallest absolute Gasteiger partial charge is 0.149 e. The number of aliphatic hydroxyl groups is 1. The van der Waals surface area contributed by atoms with Gasteiger partial charge in [0, 0.05) is 22.9 Å². The molecular formula is C12H22N2OS2. The molecule has 0 aromatic carbocycles. The third kappa shape index (κ3) is 5.86. The fraction of sp³-hybridized carbons (Fsp3) is 0.750. The first-order valence-electron chi connectivity index (χ1n) is 6.08. The average molecular weight is 274 g/mol. The molecule has 0 spiro atoms. The van der Waals surface area contributed by atoms with Crippen molar-refractivity contribution in [2.24, 2.45) is 0 Å². The number of aromatic nitrogens is 1. The molecule has 1 atom stereocenters. The van der Waals surface area contributed by atoms with E-state index in [4.69, 9.17) is 0 Å². The van der Waals surface area contributed by atoms with Crippen LogP contribution in [0.15, 0.2) is 15.9 Å². The molecule has 0 aliphatic rings. The second-order valence-electron chi connectivity index (χ2n) is 4.35. The van der Waals surface area contributed by atoms with Gasteiger partial charge in [0.1, 0.15) is 4.34 Å². The number of rotatable bonds is 9. The van der Waals surface area contributed by atoms with Crippen molar-refractivity contribution in [3.63, 3.8) is 0 Å².